The van der Waals surface area contributed by atoms with Gasteiger partial charge in [-0.1, -0.05) is 54.6 Å². The lowest BCUT2D eigenvalue weighted by molar-refractivity contribution is 0.0693. The second-order valence-electron chi connectivity index (χ2n) is 5.20. The predicted molar refractivity (Wildman–Crippen MR) is 88.8 cm³/mol. The largest absolute Gasteiger partial charge is 0.506 e. The van der Waals surface area contributed by atoms with Gasteiger partial charge in [-0.2, -0.15) is 0 Å². The summed E-state index contributed by atoms with van der Waals surface area (Å²) in [5, 5.41) is 20.2. The summed E-state index contributed by atoms with van der Waals surface area (Å²) in [5.74, 6) is -1.56. The molecule has 0 aliphatic heterocycles. The molecule has 0 radical (unpaired) electrons. The molecule has 3 aromatic rings. The molecule has 0 saturated heterocycles. The van der Waals surface area contributed by atoms with E-state index in [1.54, 1.807) is 48.5 Å². The van der Waals surface area contributed by atoms with Gasteiger partial charge in [0.2, 0.25) is 0 Å². The molecule has 0 unspecified atom stereocenters. The van der Waals surface area contributed by atoms with Crippen LogP contribution in [-0.2, 0) is 0 Å². The van der Waals surface area contributed by atoms with Crippen LogP contribution in [0, 0.1) is 0 Å². The van der Waals surface area contributed by atoms with Gasteiger partial charge in [0.15, 0.2) is 12.4 Å². The van der Waals surface area contributed by atoms with Crippen molar-refractivity contribution in [1.82, 2.24) is 0 Å². The maximum Gasteiger partial charge on any atom is 0.339 e. The Morgan fingerprint density at radius 2 is 1.54 bits per heavy atom. The summed E-state index contributed by atoms with van der Waals surface area (Å²) in [6.45, 7) is -0.224. The van der Waals surface area contributed by atoms with Crippen LogP contribution in [0.5, 0.6) is 11.5 Å². The van der Waals surface area contributed by atoms with Crippen molar-refractivity contribution < 1.29 is 24.5 Å². The molecule has 0 atom stereocenters. The number of carboxylic acid groups (broad SMARTS) is 1. The Bertz CT molecular complexity index is 916. The van der Waals surface area contributed by atoms with E-state index in [0.717, 1.165) is 0 Å². The van der Waals surface area contributed by atoms with Crippen molar-refractivity contribution in [2.75, 3.05) is 6.61 Å². The molecule has 0 aliphatic rings. The van der Waals surface area contributed by atoms with Crippen LogP contribution in [0.2, 0.25) is 0 Å². The Kier molecular flexibility index (Phi) is 4.16. The SMILES string of the molecule is O=C(COc1cc(C(=O)O)c(O)c2ccccc12)c1ccccc1. The average molecular weight is 322 g/mol. The third kappa shape index (κ3) is 2.92. The quantitative estimate of drug-likeness (QED) is 0.702. The number of phenols is 1. The van der Waals surface area contributed by atoms with Gasteiger partial charge in [0.05, 0.1) is 0 Å². The Morgan fingerprint density at radius 3 is 2.21 bits per heavy atom. The Balaban J connectivity index is 1.96. The first-order valence-electron chi connectivity index (χ1n) is 7.27. The van der Waals surface area contributed by atoms with Gasteiger partial charge in [0.1, 0.15) is 17.1 Å². The first-order valence-corrected chi connectivity index (χ1v) is 7.27. The van der Waals surface area contributed by atoms with E-state index in [4.69, 9.17) is 4.74 Å². The maximum atomic E-state index is 12.1. The number of ketones is 1. The molecule has 24 heavy (non-hydrogen) atoms. The zero-order valence-corrected chi connectivity index (χ0v) is 12.6. The molecule has 5 nitrogen and oxygen atoms in total. The van der Waals surface area contributed by atoms with E-state index >= 15 is 0 Å². The lowest BCUT2D eigenvalue weighted by Gasteiger charge is -2.12. The van der Waals surface area contributed by atoms with Gasteiger partial charge in [0.25, 0.3) is 0 Å². The highest BCUT2D eigenvalue weighted by Crippen LogP contribution is 2.36. The van der Waals surface area contributed by atoms with Gasteiger partial charge in [-0.3, -0.25) is 4.79 Å². The molecular weight excluding hydrogens is 308 g/mol. The van der Waals surface area contributed by atoms with E-state index in [9.17, 15) is 19.8 Å². The number of rotatable bonds is 5. The maximum absolute atomic E-state index is 12.1. The standard InChI is InChI=1S/C19H14O5/c20-16(12-6-2-1-3-7-12)11-24-17-10-15(19(22)23)18(21)14-9-5-4-8-13(14)17/h1-10,21H,11H2,(H,22,23). The molecule has 0 bridgehead atoms. The molecule has 0 saturated carbocycles. The number of benzene rings is 3. The number of fused-ring (bicyclic) bond motifs is 1. The summed E-state index contributed by atoms with van der Waals surface area (Å²) >= 11 is 0. The first kappa shape index (κ1) is 15.6. The van der Waals surface area contributed by atoms with Crippen LogP contribution in [-0.4, -0.2) is 28.6 Å². The molecule has 3 aromatic carbocycles. The summed E-state index contributed by atoms with van der Waals surface area (Å²) in [4.78, 5) is 23.4. The minimum atomic E-state index is -1.27. The van der Waals surface area contributed by atoms with Crippen molar-refractivity contribution in [2.24, 2.45) is 0 Å². The van der Waals surface area contributed by atoms with E-state index in [1.165, 1.54) is 6.07 Å². The van der Waals surface area contributed by atoms with E-state index in [-0.39, 0.29) is 29.5 Å². The van der Waals surface area contributed by atoms with Crippen molar-refractivity contribution in [3.63, 3.8) is 0 Å². The molecule has 120 valence electrons. The zero-order chi connectivity index (χ0) is 17.1. The van der Waals surface area contributed by atoms with Crippen molar-refractivity contribution in [3.8, 4) is 11.5 Å². The lowest BCUT2D eigenvalue weighted by atomic mass is 10.0. The number of carbonyl (C=O) groups is 2. The number of ether oxygens (including phenoxy) is 1. The fourth-order valence-corrected chi connectivity index (χ4v) is 2.46. The fourth-order valence-electron chi connectivity index (χ4n) is 2.46. The van der Waals surface area contributed by atoms with E-state index in [0.29, 0.717) is 16.3 Å². The highest BCUT2D eigenvalue weighted by Gasteiger charge is 2.17. The minimum absolute atomic E-state index is 0.218. The molecule has 0 spiro atoms. The fraction of sp³-hybridized carbons (Fsp3) is 0.0526. The predicted octanol–water partition coefficient (Wildman–Crippen LogP) is 3.51. The molecule has 3 rings (SSSR count). The summed E-state index contributed by atoms with van der Waals surface area (Å²) in [6.07, 6.45) is 0. The Hall–Kier alpha value is -3.34. The normalized spacial score (nSPS) is 10.5. The van der Waals surface area contributed by atoms with Crippen LogP contribution in [0.4, 0.5) is 0 Å². The van der Waals surface area contributed by atoms with Crippen LogP contribution < -0.4 is 4.74 Å². The Labute approximate surface area is 137 Å². The van der Waals surface area contributed by atoms with Crippen LogP contribution >= 0.6 is 0 Å². The van der Waals surface area contributed by atoms with Gasteiger partial charge in [-0.25, -0.2) is 4.79 Å². The van der Waals surface area contributed by atoms with Crippen molar-refractivity contribution in [2.45, 2.75) is 0 Å². The van der Waals surface area contributed by atoms with Crippen molar-refractivity contribution in [3.05, 3.63) is 71.8 Å². The number of carboxylic acids is 1. The summed E-state index contributed by atoms with van der Waals surface area (Å²) in [7, 11) is 0. The molecule has 0 aromatic heterocycles. The second-order valence-corrected chi connectivity index (χ2v) is 5.20. The Morgan fingerprint density at radius 1 is 0.917 bits per heavy atom. The molecule has 0 aliphatic carbocycles. The number of carbonyl (C=O) groups excluding carboxylic acids is 1. The molecule has 0 amide bonds. The first-order chi connectivity index (χ1) is 11.6. The summed E-state index contributed by atoms with van der Waals surface area (Å²) < 4.78 is 5.56. The van der Waals surface area contributed by atoms with Gasteiger partial charge >= 0.3 is 5.97 Å². The highest BCUT2D eigenvalue weighted by molar-refractivity contribution is 6.03. The molecule has 5 heteroatoms. The second kappa shape index (κ2) is 6.42. The van der Waals surface area contributed by atoms with Crippen LogP contribution in [0.15, 0.2) is 60.7 Å². The summed E-state index contributed by atoms with van der Waals surface area (Å²) in [6, 6.07) is 16.7. The van der Waals surface area contributed by atoms with E-state index in [2.05, 4.69) is 0 Å². The third-order valence-corrected chi connectivity index (χ3v) is 3.66. The smallest absolute Gasteiger partial charge is 0.339 e. The zero-order valence-electron chi connectivity index (χ0n) is 12.6. The summed E-state index contributed by atoms with van der Waals surface area (Å²) in [5.41, 5.74) is 0.245. The molecule has 0 fully saturated rings. The van der Waals surface area contributed by atoms with E-state index < -0.39 is 5.97 Å². The molecule has 2 N–H and O–H groups in total. The van der Waals surface area contributed by atoms with Crippen molar-refractivity contribution in [1.29, 1.82) is 0 Å². The van der Waals surface area contributed by atoms with Gasteiger partial charge in [-0.05, 0) is 6.07 Å². The highest BCUT2D eigenvalue weighted by atomic mass is 16.5. The monoisotopic (exact) mass is 322 g/mol. The van der Waals surface area contributed by atoms with Crippen LogP contribution in [0.3, 0.4) is 0 Å². The third-order valence-electron chi connectivity index (χ3n) is 3.66. The molecule has 0 heterocycles. The van der Waals surface area contributed by atoms with Gasteiger partial charge in [0, 0.05) is 16.3 Å². The topological polar surface area (TPSA) is 83.8 Å². The van der Waals surface area contributed by atoms with Gasteiger partial charge < -0.3 is 14.9 Å². The van der Waals surface area contributed by atoms with E-state index in [1.807, 2.05) is 6.07 Å². The number of hydrogen-bond donors (Lipinski definition) is 2. The number of Topliss-reactive ketones (excluding diaryl/α,β-unsaturated/α-hetero) is 1. The average Bonchev–Trinajstić information content (AvgIpc) is 2.61. The number of aromatic hydroxyl groups is 1. The lowest BCUT2D eigenvalue weighted by Crippen LogP contribution is -2.12. The number of aromatic carboxylic acids is 1. The van der Waals surface area contributed by atoms with Crippen LogP contribution in [0.1, 0.15) is 20.7 Å². The van der Waals surface area contributed by atoms with Crippen molar-refractivity contribution >= 4 is 22.5 Å². The number of hydrogen-bond acceptors (Lipinski definition) is 4. The van der Waals surface area contributed by atoms with Crippen LogP contribution in [0.25, 0.3) is 10.8 Å². The molecular formula is C19H14O5. The van der Waals surface area contributed by atoms with Gasteiger partial charge in [-0.15, -0.1) is 0 Å². The minimum Gasteiger partial charge on any atom is -0.506 e.